The van der Waals surface area contributed by atoms with Gasteiger partial charge in [0.1, 0.15) is 0 Å². The second-order valence-electron chi connectivity index (χ2n) is 8.81. The van der Waals surface area contributed by atoms with Crippen molar-refractivity contribution in [2.24, 2.45) is 7.05 Å². The minimum Gasteiger partial charge on any atom is -0.392 e. The summed E-state index contributed by atoms with van der Waals surface area (Å²) in [7, 11) is 1.78. The zero-order chi connectivity index (χ0) is 26.9. The molecule has 1 aliphatic rings. The van der Waals surface area contributed by atoms with Gasteiger partial charge in [0.25, 0.3) is 0 Å². The molecular formula is C25H30N6O6S. The molecule has 4 N–H and O–H groups in total. The number of rotatable bonds is 11. The molecule has 38 heavy (non-hydrogen) atoms. The van der Waals surface area contributed by atoms with Crippen molar-refractivity contribution in [3.05, 3.63) is 65.2 Å². The minimum absolute atomic E-state index is 0.0321. The molecule has 1 aliphatic heterocycles. The van der Waals surface area contributed by atoms with E-state index in [1.807, 2.05) is 36.4 Å². The molecule has 202 valence electrons. The van der Waals surface area contributed by atoms with Gasteiger partial charge in [-0.2, -0.15) is 0 Å². The van der Waals surface area contributed by atoms with Crippen LogP contribution in [-0.4, -0.2) is 54.2 Å². The molecule has 1 fully saturated rings. The number of anilines is 1. The predicted octanol–water partition coefficient (Wildman–Crippen LogP) is 2.65. The number of hydrogen-bond donors (Lipinski definition) is 4. The Balaban J connectivity index is 1.46. The number of nitrogens with one attached hydrogen (secondary N) is 2. The molecule has 0 unspecified atom stereocenters. The van der Waals surface area contributed by atoms with Crippen molar-refractivity contribution in [2.75, 3.05) is 11.1 Å². The summed E-state index contributed by atoms with van der Waals surface area (Å²) in [5.41, 5.74) is 4.67. The molecule has 0 aliphatic carbocycles. The molecule has 3 atom stereocenters. The Bertz CT molecular complexity index is 1220. The topological polar surface area (TPSA) is 161 Å². The molecule has 4 rings (SSSR count). The van der Waals surface area contributed by atoms with Crippen LogP contribution < -0.4 is 10.8 Å². The first-order valence-electron chi connectivity index (χ1n) is 12.1. The van der Waals surface area contributed by atoms with Crippen molar-refractivity contribution in [3.8, 4) is 0 Å². The summed E-state index contributed by atoms with van der Waals surface area (Å²) in [6.45, 7) is -0.0321. The number of carbonyl (C=O) groups excluding carboxylic acids is 2. The van der Waals surface area contributed by atoms with Gasteiger partial charge in [0.2, 0.25) is 17.0 Å². The molecule has 0 radical (unpaired) electrons. The van der Waals surface area contributed by atoms with Gasteiger partial charge in [-0.3, -0.25) is 14.8 Å². The van der Waals surface area contributed by atoms with Gasteiger partial charge in [-0.15, -0.1) is 5.10 Å². The second-order valence-corrected chi connectivity index (χ2v) is 9.80. The Morgan fingerprint density at radius 3 is 2.61 bits per heavy atom. The van der Waals surface area contributed by atoms with E-state index in [0.717, 1.165) is 16.7 Å². The van der Waals surface area contributed by atoms with Crippen LogP contribution in [0.25, 0.3) is 0 Å². The molecule has 1 aromatic heterocycles. The monoisotopic (exact) mass is 542 g/mol. The normalized spacial score (nSPS) is 19.2. The van der Waals surface area contributed by atoms with Gasteiger partial charge in [-0.1, -0.05) is 48.2 Å². The summed E-state index contributed by atoms with van der Waals surface area (Å²) >= 11 is 1.50. The number of ether oxygens (including phenoxy) is 2. The number of hydrogen-bond acceptors (Lipinski definition) is 10. The summed E-state index contributed by atoms with van der Waals surface area (Å²) in [4.78, 5) is 23.5. The number of amides is 2. The van der Waals surface area contributed by atoms with Gasteiger partial charge in [-0.05, 0) is 40.1 Å². The number of nitrogens with zero attached hydrogens (tertiary/aromatic N) is 4. The van der Waals surface area contributed by atoms with Crippen molar-refractivity contribution in [2.45, 2.75) is 55.9 Å². The first-order valence-corrected chi connectivity index (χ1v) is 13.1. The Kier molecular flexibility index (Phi) is 9.79. The molecule has 2 heterocycles. The number of aryl methyl sites for hydroxylation is 1. The average Bonchev–Trinajstić information content (AvgIpc) is 3.36. The van der Waals surface area contributed by atoms with Crippen molar-refractivity contribution >= 4 is 29.3 Å². The predicted molar refractivity (Wildman–Crippen MR) is 137 cm³/mol. The SMILES string of the molecule is Cn1nnnc1SC[C@@H]1C[C@H](c2ccc(CO)cc2)O[C@H](c2cccc(NC(=O)CCCC(=O)NO)c2)O1. The van der Waals surface area contributed by atoms with Crippen molar-refractivity contribution in [1.29, 1.82) is 0 Å². The van der Waals surface area contributed by atoms with E-state index in [1.165, 1.54) is 11.8 Å². The molecule has 0 spiro atoms. The molecule has 1 saturated heterocycles. The standard InChI is InChI=1S/C25H30N6O6S/c1-31-25(27-29-30-31)38-15-20-13-21(17-10-8-16(14-32)9-11-17)37-24(36-20)18-4-2-5-19(12-18)26-22(33)6-3-7-23(34)28-35/h2,4-5,8-12,20-21,24,32,35H,3,6-7,13-15H2,1H3,(H,26,33)(H,28,34)/t20-,21+,24+/m0/s1. The lowest BCUT2D eigenvalue weighted by Gasteiger charge is -2.36. The van der Waals surface area contributed by atoms with Gasteiger partial charge in [-0.25, -0.2) is 10.2 Å². The molecule has 0 bridgehead atoms. The first kappa shape index (κ1) is 27.7. The number of aliphatic hydroxyl groups excluding tert-OH is 1. The molecule has 0 saturated carbocycles. The molecule has 2 aromatic carbocycles. The van der Waals surface area contributed by atoms with Crippen LogP contribution in [-0.2, 0) is 32.7 Å². The lowest BCUT2D eigenvalue weighted by Crippen LogP contribution is -2.31. The van der Waals surface area contributed by atoms with E-state index < -0.39 is 12.2 Å². The van der Waals surface area contributed by atoms with E-state index >= 15 is 0 Å². The van der Waals surface area contributed by atoms with Gasteiger partial charge in [0.15, 0.2) is 6.29 Å². The number of hydroxylamine groups is 1. The van der Waals surface area contributed by atoms with Crippen molar-refractivity contribution in [3.63, 3.8) is 0 Å². The number of carbonyl (C=O) groups is 2. The van der Waals surface area contributed by atoms with Crippen LogP contribution in [0.3, 0.4) is 0 Å². The summed E-state index contributed by atoms with van der Waals surface area (Å²) in [6.07, 6.45) is 0.0118. The van der Waals surface area contributed by atoms with Gasteiger partial charge >= 0.3 is 0 Å². The van der Waals surface area contributed by atoms with Crippen molar-refractivity contribution < 1.29 is 29.4 Å². The highest BCUT2D eigenvalue weighted by Crippen LogP contribution is 2.39. The number of benzene rings is 2. The van der Waals surface area contributed by atoms with Crippen LogP contribution >= 0.6 is 11.8 Å². The van der Waals surface area contributed by atoms with E-state index in [9.17, 15) is 14.7 Å². The Morgan fingerprint density at radius 2 is 1.89 bits per heavy atom. The fourth-order valence-corrected chi connectivity index (χ4v) is 4.85. The van der Waals surface area contributed by atoms with Crippen LogP contribution in [0.4, 0.5) is 5.69 Å². The van der Waals surface area contributed by atoms with Crippen molar-refractivity contribution in [1.82, 2.24) is 25.7 Å². The zero-order valence-electron chi connectivity index (χ0n) is 20.8. The number of tetrazole rings is 1. The van der Waals surface area contributed by atoms with Gasteiger partial charge < -0.3 is 19.9 Å². The summed E-state index contributed by atoms with van der Waals surface area (Å²) in [5.74, 6) is -0.168. The van der Waals surface area contributed by atoms with Crippen LogP contribution in [0, 0.1) is 0 Å². The summed E-state index contributed by atoms with van der Waals surface area (Å²) in [5, 5.41) is 33.1. The second kappa shape index (κ2) is 13.4. The molecule has 12 nitrogen and oxygen atoms in total. The fraction of sp³-hybridized carbons (Fsp3) is 0.400. The Labute approximate surface area is 223 Å². The van der Waals surface area contributed by atoms with Crippen LogP contribution in [0.2, 0.25) is 0 Å². The van der Waals surface area contributed by atoms with Crippen LogP contribution in [0.1, 0.15) is 54.8 Å². The number of aliphatic hydroxyl groups is 1. The highest BCUT2D eigenvalue weighted by atomic mass is 32.2. The zero-order valence-corrected chi connectivity index (χ0v) is 21.6. The van der Waals surface area contributed by atoms with E-state index in [4.69, 9.17) is 14.7 Å². The maximum Gasteiger partial charge on any atom is 0.243 e. The first-order chi connectivity index (χ1) is 18.4. The highest BCUT2D eigenvalue weighted by molar-refractivity contribution is 7.99. The van der Waals surface area contributed by atoms with Crippen LogP contribution in [0.5, 0.6) is 0 Å². The third-order valence-electron chi connectivity index (χ3n) is 5.97. The summed E-state index contributed by atoms with van der Waals surface area (Å²) in [6, 6.07) is 14.9. The average molecular weight is 543 g/mol. The third-order valence-corrected chi connectivity index (χ3v) is 7.11. The Hall–Kier alpha value is -3.36. The largest absolute Gasteiger partial charge is 0.392 e. The molecule has 2 amide bonds. The highest BCUT2D eigenvalue weighted by Gasteiger charge is 2.32. The molecule has 13 heteroatoms. The third kappa shape index (κ3) is 7.58. The maximum atomic E-state index is 12.3. The Morgan fingerprint density at radius 1 is 1.11 bits per heavy atom. The van der Waals surface area contributed by atoms with Gasteiger partial charge in [0.05, 0.1) is 18.8 Å². The van der Waals surface area contributed by atoms with E-state index in [2.05, 4.69) is 20.8 Å². The van der Waals surface area contributed by atoms with Gasteiger partial charge in [0, 0.05) is 43.3 Å². The summed E-state index contributed by atoms with van der Waals surface area (Å²) < 4.78 is 14.3. The van der Waals surface area contributed by atoms with E-state index in [1.54, 1.807) is 29.3 Å². The maximum absolute atomic E-state index is 12.3. The van der Waals surface area contributed by atoms with E-state index in [-0.39, 0.29) is 37.6 Å². The molecule has 3 aromatic rings. The lowest BCUT2D eigenvalue weighted by atomic mass is 10.0. The minimum atomic E-state index is -0.681. The van der Waals surface area contributed by atoms with Crippen LogP contribution in [0.15, 0.2) is 53.7 Å². The smallest absolute Gasteiger partial charge is 0.243 e. The number of aromatic nitrogens is 4. The number of thioether (sulfide) groups is 1. The van der Waals surface area contributed by atoms with E-state index in [0.29, 0.717) is 29.4 Å². The molecular weight excluding hydrogens is 512 g/mol. The quantitative estimate of drug-likeness (QED) is 0.161. The lowest BCUT2D eigenvalue weighted by molar-refractivity contribution is -0.245. The fourth-order valence-electron chi connectivity index (χ4n) is 3.99.